The van der Waals surface area contributed by atoms with Gasteiger partial charge in [0.15, 0.2) is 5.78 Å². The summed E-state index contributed by atoms with van der Waals surface area (Å²) in [5.41, 5.74) is -0.922. The third-order valence-corrected chi connectivity index (χ3v) is 4.67. The van der Waals surface area contributed by atoms with E-state index in [9.17, 15) is 25.2 Å². The van der Waals surface area contributed by atoms with Crippen LogP contribution in [0.25, 0.3) is 0 Å². The molecule has 0 bridgehead atoms. The molecule has 2 aliphatic heterocycles. The lowest BCUT2D eigenvalue weighted by atomic mass is 9.91. The van der Waals surface area contributed by atoms with Crippen LogP contribution in [0.3, 0.4) is 0 Å². The first-order valence-electron chi connectivity index (χ1n) is 8.48. The van der Waals surface area contributed by atoms with E-state index >= 15 is 0 Å². The van der Waals surface area contributed by atoms with Crippen molar-refractivity contribution in [3.8, 4) is 23.3 Å². The quantitative estimate of drug-likeness (QED) is 0.340. The number of azo groups is 2. The molecule has 0 aliphatic carbocycles. The van der Waals surface area contributed by atoms with Gasteiger partial charge < -0.3 is 20.4 Å². The molecule has 3 aromatic rings. The van der Waals surface area contributed by atoms with E-state index in [0.29, 0.717) is 0 Å². The van der Waals surface area contributed by atoms with Crippen LogP contribution in [0.15, 0.2) is 38.7 Å². The van der Waals surface area contributed by atoms with E-state index in [2.05, 4.69) is 30.4 Å². The summed E-state index contributed by atoms with van der Waals surface area (Å²) >= 11 is 0. The zero-order chi connectivity index (χ0) is 22.0. The number of aromatic hydroxyl groups is 4. The third-order valence-electron chi connectivity index (χ3n) is 4.67. The Hall–Kier alpha value is -4.95. The van der Waals surface area contributed by atoms with E-state index in [0.717, 1.165) is 27.3 Å². The molecule has 154 valence electrons. The van der Waals surface area contributed by atoms with E-state index in [1.54, 1.807) is 0 Å². The summed E-state index contributed by atoms with van der Waals surface area (Å²) in [4.78, 5) is 21.5. The minimum Gasteiger partial charge on any atom is -0.508 e. The third kappa shape index (κ3) is 2.43. The monoisotopic (exact) mass is 422 g/mol. The summed E-state index contributed by atoms with van der Waals surface area (Å²) in [6, 6.07) is 3.25. The topological polar surface area (TPSA) is 231 Å². The summed E-state index contributed by atoms with van der Waals surface area (Å²) in [5.74, 6) is -5.85. The van der Waals surface area contributed by atoms with Crippen molar-refractivity contribution in [3.63, 3.8) is 0 Å². The number of Topliss-reactive ketones (excluding diaryl/α,β-unsaturated/α-hetero) is 1. The van der Waals surface area contributed by atoms with Gasteiger partial charge >= 0.3 is 0 Å². The van der Waals surface area contributed by atoms with Gasteiger partial charge in [-0.05, 0) is 12.1 Å². The van der Waals surface area contributed by atoms with E-state index in [4.69, 9.17) is 10.8 Å². The molecule has 0 unspecified atom stereocenters. The number of phenols is 2. The highest BCUT2D eigenvalue weighted by Crippen LogP contribution is 2.43. The summed E-state index contributed by atoms with van der Waals surface area (Å²) in [6.07, 6.45) is 0. The van der Waals surface area contributed by atoms with Gasteiger partial charge in [0.05, 0.1) is 5.56 Å². The molecule has 4 heterocycles. The number of fused-ring (bicyclic) bond motifs is 2. The molecule has 0 amide bonds. The Morgan fingerprint density at radius 2 is 1.35 bits per heavy atom. The molecule has 0 saturated carbocycles. The van der Waals surface area contributed by atoms with Crippen LogP contribution in [0.1, 0.15) is 27.7 Å². The number of rotatable bonds is 4. The minimum absolute atomic E-state index is 0.177. The number of aromatic nitrogens is 4. The summed E-state index contributed by atoms with van der Waals surface area (Å²) in [6.45, 7) is 0. The number of phenolic OH excluding ortho intramolecular Hbond substituents is 2. The van der Waals surface area contributed by atoms with E-state index < -0.39 is 41.1 Å². The Labute approximate surface area is 170 Å². The second-order valence-electron chi connectivity index (χ2n) is 6.46. The molecule has 15 heteroatoms. The summed E-state index contributed by atoms with van der Waals surface area (Å²) in [7, 11) is 0. The van der Waals surface area contributed by atoms with Crippen molar-refractivity contribution < 1.29 is 25.2 Å². The van der Waals surface area contributed by atoms with Gasteiger partial charge in [-0.25, -0.2) is 19.1 Å². The fourth-order valence-corrected chi connectivity index (χ4v) is 3.28. The number of carbonyl (C=O) groups is 1. The highest BCUT2D eigenvalue weighted by atomic mass is 16.3. The van der Waals surface area contributed by atoms with Crippen molar-refractivity contribution in [1.82, 2.24) is 19.1 Å². The van der Waals surface area contributed by atoms with Gasteiger partial charge in [0.1, 0.15) is 28.8 Å². The Kier molecular flexibility index (Phi) is 3.52. The highest BCUT2D eigenvalue weighted by Gasteiger charge is 2.40. The van der Waals surface area contributed by atoms with Crippen LogP contribution >= 0.6 is 0 Å². The smallest absolute Gasteiger partial charge is 0.259 e. The van der Waals surface area contributed by atoms with Crippen molar-refractivity contribution >= 4 is 29.6 Å². The molecular weight excluding hydrogens is 412 g/mol. The zero-order valence-corrected chi connectivity index (χ0v) is 15.1. The number of benzene rings is 1. The molecule has 1 aromatic carbocycles. The van der Waals surface area contributed by atoms with E-state index in [1.165, 1.54) is 0 Å². The van der Waals surface area contributed by atoms with Gasteiger partial charge in [0, 0.05) is 6.07 Å². The molecule has 0 saturated heterocycles. The molecule has 0 radical (unpaired) electrons. The second kappa shape index (κ2) is 6.02. The first-order valence-corrected chi connectivity index (χ1v) is 8.48. The van der Waals surface area contributed by atoms with Crippen molar-refractivity contribution in [3.05, 3.63) is 35.2 Å². The van der Waals surface area contributed by atoms with Gasteiger partial charge in [-0.1, -0.05) is 0 Å². The molecule has 15 nitrogen and oxygen atoms in total. The van der Waals surface area contributed by atoms with Crippen molar-refractivity contribution in [2.45, 2.75) is 5.92 Å². The number of nitrogens with one attached hydrogen (secondary N) is 2. The first-order chi connectivity index (χ1) is 14.8. The van der Waals surface area contributed by atoms with Crippen molar-refractivity contribution in [2.24, 2.45) is 20.5 Å². The maximum absolute atomic E-state index is 13.4. The van der Waals surface area contributed by atoms with Gasteiger partial charge in [-0.3, -0.25) is 15.6 Å². The molecule has 6 N–H and O–H groups in total. The van der Waals surface area contributed by atoms with Crippen molar-refractivity contribution in [1.29, 1.82) is 10.8 Å². The van der Waals surface area contributed by atoms with Crippen LogP contribution in [0.2, 0.25) is 0 Å². The summed E-state index contributed by atoms with van der Waals surface area (Å²) < 4.78 is 1.74. The molecule has 31 heavy (non-hydrogen) atoms. The van der Waals surface area contributed by atoms with Crippen LogP contribution in [-0.2, 0) is 0 Å². The molecular formula is C16H10N10O5. The lowest BCUT2D eigenvalue weighted by Crippen LogP contribution is -2.17. The SMILES string of the molecule is N=C1N=Nc2nc(C(C(=O)c3ccc(O)cc3O)c3nc4n(c3O)C(=N)N=N4)c(O)n21. The summed E-state index contributed by atoms with van der Waals surface area (Å²) in [5, 5.41) is 70.6. The van der Waals surface area contributed by atoms with Gasteiger partial charge in [0.25, 0.3) is 23.8 Å². The Bertz CT molecular complexity index is 1320. The number of nitrogens with zero attached hydrogens (tertiary/aromatic N) is 8. The molecule has 0 fully saturated rings. The maximum Gasteiger partial charge on any atom is 0.259 e. The standard InChI is InChI=1S/C16H10N10O5/c17-13-21-23-15-19-8(11(30)25(13)15)7(10(29)5-2-1-4(27)3-6(5)28)9-12(31)26-14(18)22-24-16(26)20-9/h1-3,7,17-18,27-28,30-31H. The second-order valence-corrected chi connectivity index (χ2v) is 6.46. The van der Waals surface area contributed by atoms with E-state index in [1.807, 2.05) is 0 Å². The lowest BCUT2D eigenvalue weighted by molar-refractivity contribution is 0.0966. The maximum atomic E-state index is 13.4. The van der Waals surface area contributed by atoms with Gasteiger partial charge in [-0.15, -0.1) is 20.5 Å². The number of hydrogen-bond acceptors (Lipinski definition) is 11. The average molecular weight is 422 g/mol. The number of carbonyl (C=O) groups excluding carboxylic acids is 1. The predicted octanol–water partition coefficient (Wildman–Crippen LogP) is 1.68. The zero-order valence-electron chi connectivity index (χ0n) is 15.1. The number of imidazole rings is 2. The Morgan fingerprint density at radius 3 is 1.81 bits per heavy atom. The normalized spacial score (nSPS) is 14.8. The lowest BCUT2D eigenvalue weighted by Gasteiger charge is -2.14. The van der Waals surface area contributed by atoms with Crippen LogP contribution in [0, 0.1) is 10.8 Å². The van der Waals surface area contributed by atoms with Gasteiger partial charge in [0.2, 0.25) is 11.8 Å². The highest BCUT2D eigenvalue weighted by molar-refractivity contribution is 6.06. The first kappa shape index (κ1) is 18.1. The Balaban J connectivity index is 1.74. The van der Waals surface area contributed by atoms with Gasteiger partial charge in [-0.2, -0.15) is 0 Å². The minimum atomic E-state index is -1.60. The Morgan fingerprint density at radius 1 is 0.839 bits per heavy atom. The molecule has 0 atom stereocenters. The molecule has 2 aliphatic rings. The van der Waals surface area contributed by atoms with Crippen LogP contribution in [-0.4, -0.2) is 57.2 Å². The van der Waals surface area contributed by atoms with Crippen LogP contribution < -0.4 is 0 Å². The fraction of sp³-hybridized carbons (Fsp3) is 0.0625. The predicted molar refractivity (Wildman–Crippen MR) is 99.0 cm³/mol. The average Bonchev–Trinajstić information content (AvgIpc) is 3.43. The largest absolute Gasteiger partial charge is 0.508 e. The van der Waals surface area contributed by atoms with Crippen LogP contribution in [0.4, 0.5) is 11.9 Å². The van der Waals surface area contributed by atoms with Crippen molar-refractivity contribution in [2.75, 3.05) is 0 Å². The fourth-order valence-electron chi connectivity index (χ4n) is 3.28. The van der Waals surface area contributed by atoms with E-state index in [-0.39, 0.29) is 34.6 Å². The molecule has 5 rings (SSSR count). The molecule has 2 aromatic heterocycles. The molecule has 0 spiro atoms. The number of ketones is 1. The number of hydrogen-bond donors (Lipinski definition) is 6. The van der Waals surface area contributed by atoms with Crippen LogP contribution in [0.5, 0.6) is 23.3 Å².